The van der Waals surface area contributed by atoms with Crippen molar-refractivity contribution in [3.63, 3.8) is 0 Å². The second-order valence-corrected chi connectivity index (χ2v) is 5.22. The molecule has 1 atom stereocenters. The van der Waals surface area contributed by atoms with Crippen molar-refractivity contribution in [1.82, 2.24) is 4.98 Å². The second kappa shape index (κ2) is 6.68. The SMILES string of the molecule is CC[C@@H](N)c1ccccc1OCc1ccc(Br)cn1. The molecule has 1 aromatic heterocycles. The third-order valence-corrected chi connectivity index (χ3v) is 3.39. The van der Waals surface area contributed by atoms with Gasteiger partial charge < -0.3 is 10.5 Å². The number of aromatic nitrogens is 1. The van der Waals surface area contributed by atoms with Gasteiger partial charge in [0.25, 0.3) is 0 Å². The monoisotopic (exact) mass is 320 g/mol. The topological polar surface area (TPSA) is 48.1 Å². The fourth-order valence-corrected chi connectivity index (χ4v) is 2.02. The van der Waals surface area contributed by atoms with Gasteiger partial charge in [0.2, 0.25) is 0 Å². The lowest BCUT2D eigenvalue weighted by molar-refractivity contribution is 0.296. The first-order chi connectivity index (χ1) is 9.20. The Labute approximate surface area is 121 Å². The summed E-state index contributed by atoms with van der Waals surface area (Å²) in [6.45, 7) is 2.51. The minimum atomic E-state index is 0.00840. The first-order valence-electron chi connectivity index (χ1n) is 6.28. The maximum atomic E-state index is 6.08. The molecule has 1 aromatic carbocycles. The summed E-state index contributed by atoms with van der Waals surface area (Å²) >= 11 is 3.36. The maximum absolute atomic E-state index is 6.08. The Morgan fingerprint density at radius 1 is 1.26 bits per heavy atom. The predicted molar refractivity (Wildman–Crippen MR) is 79.9 cm³/mol. The molecule has 1 heterocycles. The van der Waals surface area contributed by atoms with Gasteiger partial charge in [0.15, 0.2) is 0 Å². The van der Waals surface area contributed by atoms with Crippen molar-refractivity contribution in [2.45, 2.75) is 26.0 Å². The molecule has 3 nitrogen and oxygen atoms in total. The number of hydrogen-bond donors (Lipinski definition) is 1. The molecular formula is C15H17BrN2O. The molecule has 0 saturated heterocycles. The average Bonchev–Trinajstić information content (AvgIpc) is 2.46. The number of ether oxygens (including phenoxy) is 1. The van der Waals surface area contributed by atoms with Crippen LogP contribution in [-0.4, -0.2) is 4.98 Å². The van der Waals surface area contributed by atoms with Crippen LogP contribution in [0.5, 0.6) is 5.75 Å². The Morgan fingerprint density at radius 2 is 2.05 bits per heavy atom. The van der Waals surface area contributed by atoms with Crippen molar-refractivity contribution in [2.24, 2.45) is 5.73 Å². The summed E-state index contributed by atoms with van der Waals surface area (Å²) in [5.74, 6) is 0.835. The molecule has 4 heteroatoms. The smallest absolute Gasteiger partial charge is 0.130 e. The molecule has 0 saturated carbocycles. The van der Waals surface area contributed by atoms with E-state index < -0.39 is 0 Å². The highest BCUT2D eigenvalue weighted by atomic mass is 79.9. The van der Waals surface area contributed by atoms with Gasteiger partial charge in [-0.3, -0.25) is 4.98 Å². The third kappa shape index (κ3) is 3.78. The Morgan fingerprint density at radius 3 is 2.74 bits per heavy atom. The maximum Gasteiger partial charge on any atom is 0.130 e. The fraction of sp³-hybridized carbons (Fsp3) is 0.267. The quantitative estimate of drug-likeness (QED) is 0.910. The van der Waals surface area contributed by atoms with Crippen molar-refractivity contribution < 1.29 is 4.74 Å². The number of para-hydroxylation sites is 1. The first kappa shape index (κ1) is 14.0. The number of nitrogens with zero attached hydrogens (tertiary/aromatic N) is 1. The van der Waals surface area contributed by atoms with Crippen LogP contribution in [0.25, 0.3) is 0 Å². The summed E-state index contributed by atoms with van der Waals surface area (Å²) in [5.41, 5.74) is 8.02. The van der Waals surface area contributed by atoms with Crippen LogP contribution in [0.4, 0.5) is 0 Å². The Hall–Kier alpha value is -1.39. The molecule has 100 valence electrons. The summed E-state index contributed by atoms with van der Waals surface area (Å²) < 4.78 is 6.79. The van der Waals surface area contributed by atoms with Crippen molar-refractivity contribution in [3.05, 3.63) is 58.3 Å². The van der Waals surface area contributed by atoms with Crippen LogP contribution in [0.15, 0.2) is 47.1 Å². The van der Waals surface area contributed by atoms with Gasteiger partial charge in [-0.05, 0) is 40.5 Å². The minimum Gasteiger partial charge on any atom is -0.487 e. The number of benzene rings is 1. The van der Waals surface area contributed by atoms with E-state index in [1.54, 1.807) is 6.20 Å². The third-order valence-electron chi connectivity index (χ3n) is 2.92. The Bertz CT molecular complexity index is 528. The van der Waals surface area contributed by atoms with E-state index in [2.05, 4.69) is 27.8 Å². The molecular weight excluding hydrogens is 304 g/mol. The Kier molecular flexibility index (Phi) is 4.93. The normalized spacial score (nSPS) is 12.2. The zero-order chi connectivity index (χ0) is 13.7. The van der Waals surface area contributed by atoms with E-state index >= 15 is 0 Å². The highest BCUT2D eigenvalue weighted by Gasteiger charge is 2.09. The largest absolute Gasteiger partial charge is 0.487 e. The lowest BCUT2D eigenvalue weighted by Gasteiger charge is -2.15. The molecule has 0 aliphatic heterocycles. The van der Waals surface area contributed by atoms with Gasteiger partial charge in [0.1, 0.15) is 12.4 Å². The molecule has 19 heavy (non-hydrogen) atoms. The first-order valence-corrected chi connectivity index (χ1v) is 7.07. The summed E-state index contributed by atoms with van der Waals surface area (Å²) in [6.07, 6.45) is 2.65. The second-order valence-electron chi connectivity index (χ2n) is 4.31. The molecule has 0 radical (unpaired) electrons. The molecule has 0 fully saturated rings. The number of hydrogen-bond acceptors (Lipinski definition) is 3. The summed E-state index contributed by atoms with van der Waals surface area (Å²) in [5, 5.41) is 0. The number of nitrogens with two attached hydrogens (primary N) is 1. The van der Waals surface area contributed by atoms with E-state index in [-0.39, 0.29) is 6.04 Å². The molecule has 2 aromatic rings. The van der Waals surface area contributed by atoms with E-state index in [9.17, 15) is 0 Å². The van der Waals surface area contributed by atoms with E-state index in [0.29, 0.717) is 6.61 Å². The lowest BCUT2D eigenvalue weighted by Crippen LogP contribution is -2.11. The van der Waals surface area contributed by atoms with Crippen LogP contribution in [0, 0.1) is 0 Å². The van der Waals surface area contributed by atoms with Gasteiger partial charge in [-0.25, -0.2) is 0 Å². The molecule has 0 spiro atoms. The van der Waals surface area contributed by atoms with E-state index in [4.69, 9.17) is 10.5 Å². The van der Waals surface area contributed by atoms with Gasteiger partial charge in [-0.15, -0.1) is 0 Å². The van der Waals surface area contributed by atoms with Crippen LogP contribution in [0.2, 0.25) is 0 Å². The van der Waals surface area contributed by atoms with Crippen molar-refractivity contribution in [2.75, 3.05) is 0 Å². The van der Waals surface area contributed by atoms with E-state index in [0.717, 1.165) is 27.9 Å². The summed E-state index contributed by atoms with van der Waals surface area (Å²) in [6, 6.07) is 11.8. The van der Waals surface area contributed by atoms with E-state index in [1.807, 2.05) is 36.4 Å². The van der Waals surface area contributed by atoms with Crippen molar-refractivity contribution in [3.8, 4) is 5.75 Å². The van der Waals surface area contributed by atoms with Crippen LogP contribution in [0.3, 0.4) is 0 Å². The van der Waals surface area contributed by atoms with Crippen LogP contribution >= 0.6 is 15.9 Å². The highest BCUT2D eigenvalue weighted by Crippen LogP contribution is 2.26. The van der Waals surface area contributed by atoms with Gasteiger partial charge in [-0.2, -0.15) is 0 Å². The molecule has 2 N–H and O–H groups in total. The lowest BCUT2D eigenvalue weighted by atomic mass is 10.0. The van der Waals surface area contributed by atoms with Gasteiger partial charge in [-0.1, -0.05) is 25.1 Å². The van der Waals surface area contributed by atoms with E-state index in [1.165, 1.54) is 0 Å². The average molecular weight is 321 g/mol. The number of halogens is 1. The van der Waals surface area contributed by atoms with Gasteiger partial charge >= 0.3 is 0 Å². The molecule has 0 bridgehead atoms. The highest BCUT2D eigenvalue weighted by molar-refractivity contribution is 9.10. The zero-order valence-electron chi connectivity index (χ0n) is 10.8. The predicted octanol–water partition coefficient (Wildman–Crippen LogP) is 3.83. The van der Waals surface area contributed by atoms with Gasteiger partial charge in [0, 0.05) is 22.3 Å². The summed E-state index contributed by atoms with van der Waals surface area (Å²) in [4.78, 5) is 4.28. The standard InChI is InChI=1S/C15H17BrN2O/c1-2-14(17)13-5-3-4-6-15(13)19-10-12-8-7-11(16)9-18-12/h3-9,14H,2,10,17H2,1H3/t14-/m1/s1. The summed E-state index contributed by atoms with van der Waals surface area (Å²) in [7, 11) is 0. The van der Waals surface area contributed by atoms with Crippen LogP contribution in [0.1, 0.15) is 30.6 Å². The van der Waals surface area contributed by atoms with Gasteiger partial charge in [0.05, 0.1) is 5.69 Å². The molecule has 0 unspecified atom stereocenters. The number of rotatable bonds is 5. The van der Waals surface area contributed by atoms with Crippen LogP contribution in [-0.2, 0) is 6.61 Å². The molecule has 0 amide bonds. The number of pyridine rings is 1. The zero-order valence-corrected chi connectivity index (χ0v) is 12.4. The minimum absolute atomic E-state index is 0.00840. The molecule has 0 aliphatic carbocycles. The molecule has 0 aliphatic rings. The van der Waals surface area contributed by atoms with Crippen molar-refractivity contribution >= 4 is 15.9 Å². The molecule has 2 rings (SSSR count). The fourth-order valence-electron chi connectivity index (χ4n) is 1.78. The van der Waals surface area contributed by atoms with Crippen LogP contribution < -0.4 is 10.5 Å². The Balaban J connectivity index is 2.09. The van der Waals surface area contributed by atoms with Crippen molar-refractivity contribution in [1.29, 1.82) is 0 Å².